The Kier molecular flexibility index (Phi) is 3.74. The van der Waals surface area contributed by atoms with E-state index in [1.165, 1.54) is 19.3 Å². The topological polar surface area (TPSA) is 71.3 Å². The van der Waals surface area contributed by atoms with E-state index in [-0.39, 0.29) is 21.4 Å². The average Bonchev–Trinajstić information content (AvgIpc) is 2.94. The molecule has 4 saturated carbocycles. The monoisotopic (exact) mass is 430 g/mol. The largest absolute Gasteiger partial charge is 0.451 e. The molecule has 0 radical (unpaired) electrons. The Morgan fingerprint density at radius 2 is 1.81 bits per heavy atom. The first kappa shape index (κ1) is 17.3. The van der Waals surface area contributed by atoms with Gasteiger partial charge in [0.15, 0.2) is 5.76 Å². The van der Waals surface area contributed by atoms with Crippen LogP contribution in [0.3, 0.4) is 0 Å². The van der Waals surface area contributed by atoms with Gasteiger partial charge in [-0.05, 0) is 63.4 Å². The lowest BCUT2D eigenvalue weighted by Gasteiger charge is -2.59. The summed E-state index contributed by atoms with van der Waals surface area (Å²) < 4.78 is 5.79. The van der Waals surface area contributed by atoms with Gasteiger partial charge in [-0.2, -0.15) is 0 Å². The minimum atomic E-state index is -0.407. The van der Waals surface area contributed by atoms with Crippen LogP contribution in [0.25, 0.3) is 11.0 Å². The van der Waals surface area contributed by atoms with E-state index in [2.05, 4.69) is 26.8 Å². The highest BCUT2D eigenvalue weighted by atomic mass is 79.9. The van der Waals surface area contributed by atoms with Gasteiger partial charge in [0.05, 0.1) is 5.41 Å². The third kappa shape index (κ3) is 2.72. The van der Waals surface area contributed by atoms with Gasteiger partial charge in [0.25, 0.3) is 0 Å². The number of rotatable bonds is 2. The van der Waals surface area contributed by atoms with Crippen LogP contribution in [0, 0.1) is 24.2 Å². The van der Waals surface area contributed by atoms with Crippen LogP contribution in [0.5, 0.6) is 0 Å². The SMILES string of the molecule is Cc1c(C(=O)NNC(=O)C23CC4CC(CC(Br)(C4)C2)C3)oc2ccccc12. The van der Waals surface area contributed by atoms with Crippen LogP contribution in [-0.4, -0.2) is 16.1 Å². The highest BCUT2D eigenvalue weighted by Gasteiger charge is 2.59. The van der Waals surface area contributed by atoms with E-state index in [4.69, 9.17) is 4.42 Å². The van der Waals surface area contributed by atoms with E-state index >= 15 is 0 Å². The van der Waals surface area contributed by atoms with Crippen molar-refractivity contribution in [2.75, 3.05) is 0 Å². The van der Waals surface area contributed by atoms with Gasteiger partial charge in [0.2, 0.25) is 5.91 Å². The number of aryl methyl sites for hydroxylation is 1. The first-order valence-corrected chi connectivity index (χ1v) is 10.4. The molecule has 27 heavy (non-hydrogen) atoms. The lowest BCUT2D eigenvalue weighted by atomic mass is 9.49. The van der Waals surface area contributed by atoms with Crippen molar-refractivity contribution in [3.05, 3.63) is 35.6 Å². The number of alkyl halides is 1. The van der Waals surface area contributed by atoms with Gasteiger partial charge in [-0.3, -0.25) is 20.4 Å². The third-order valence-corrected chi connectivity index (χ3v) is 7.74. The molecule has 6 rings (SSSR count). The zero-order valence-corrected chi connectivity index (χ0v) is 16.9. The normalized spacial score (nSPS) is 34.0. The lowest BCUT2D eigenvalue weighted by molar-refractivity contribution is -0.144. The first-order valence-electron chi connectivity index (χ1n) is 9.65. The summed E-state index contributed by atoms with van der Waals surface area (Å²) in [6.07, 6.45) is 6.31. The molecule has 0 saturated heterocycles. The maximum absolute atomic E-state index is 13.1. The molecular weight excluding hydrogens is 408 g/mol. The summed E-state index contributed by atoms with van der Waals surface area (Å²) in [5, 5.41) is 0.913. The van der Waals surface area contributed by atoms with Gasteiger partial charge < -0.3 is 4.42 Å². The molecule has 2 atom stereocenters. The molecule has 6 heteroatoms. The minimum Gasteiger partial charge on any atom is -0.451 e. The van der Waals surface area contributed by atoms with Gasteiger partial charge in [0, 0.05) is 15.3 Å². The second kappa shape index (κ2) is 5.84. The van der Waals surface area contributed by atoms with Crippen LogP contribution in [0.15, 0.2) is 28.7 Å². The van der Waals surface area contributed by atoms with Crippen LogP contribution in [0.2, 0.25) is 0 Å². The number of carbonyl (C=O) groups excluding carboxylic acids is 2. The third-order valence-electron chi connectivity index (χ3n) is 6.81. The number of amides is 2. The Balaban J connectivity index is 1.32. The van der Waals surface area contributed by atoms with E-state index in [1.807, 2.05) is 31.2 Å². The molecule has 0 aliphatic heterocycles. The molecule has 2 unspecified atom stereocenters. The molecule has 4 fully saturated rings. The Morgan fingerprint density at radius 1 is 1.11 bits per heavy atom. The van der Waals surface area contributed by atoms with Gasteiger partial charge >= 0.3 is 5.91 Å². The van der Waals surface area contributed by atoms with E-state index in [0.717, 1.165) is 30.2 Å². The summed E-state index contributed by atoms with van der Waals surface area (Å²) in [6, 6.07) is 7.55. The molecule has 4 aliphatic rings. The molecule has 5 nitrogen and oxygen atoms in total. The van der Waals surface area contributed by atoms with Gasteiger partial charge in [-0.15, -0.1) is 0 Å². The Bertz CT molecular complexity index is 936. The van der Waals surface area contributed by atoms with Gasteiger partial charge in [-0.25, -0.2) is 0 Å². The van der Waals surface area contributed by atoms with Crippen molar-refractivity contribution in [3.8, 4) is 0 Å². The van der Waals surface area contributed by atoms with Crippen molar-refractivity contribution in [2.24, 2.45) is 17.3 Å². The number of hydrogen-bond acceptors (Lipinski definition) is 3. The Labute approximate surface area is 166 Å². The van der Waals surface area contributed by atoms with Crippen molar-refractivity contribution in [2.45, 2.75) is 49.8 Å². The van der Waals surface area contributed by atoms with Crippen molar-refractivity contribution >= 4 is 38.7 Å². The first-order chi connectivity index (χ1) is 12.9. The van der Waals surface area contributed by atoms with Crippen molar-refractivity contribution < 1.29 is 14.0 Å². The number of carbonyl (C=O) groups is 2. The number of halogens is 1. The summed E-state index contributed by atoms with van der Waals surface area (Å²) in [5.41, 5.74) is 6.40. The van der Waals surface area contributed by atoms with Crippen molar-refractivity contribution in [3.63, 3.8) is 0 Å². The quantitative estimate of drug-likeness (QED) is 0.552. The summed E-state index contributed by atoms with van der Waals surface area (Å²) in [7, 11) is 0. The van der Waals surface area contributed by atoms with E-state index in [9.17, 15) is 9.59 Å². The maximum atomic E-state index is 13.1. The van der Waals surface area contributed by atoms with E-state index in [1.54, 1.807) is 0 Å². The second-order valence-electron chi connectivity index (χ2n) is 8.85. The molecule has 2 aromatic rings. The second-order valence-corrected chi connectivity index (χ2v) is 10.5. The van der Waals surface area contributed by atoms with Crippen LogP contribution in [0.1, 0.15) is 54.6 Å². The number of benzene rings is 1. The number of fused-ring (bicyclic) bond motifs is 1. The minimum absolute atomic E-state index is 0.0532. The predicted molar refractivity (Wildman–Crippen MR) is 105 cm³/mol. The maximum Gasteiger partial charge on any atom is 0.305 e. The summed E-state index contributed by atoms with van der Waals surface area (Å²) >= 11 is 3.92. The summed E-state index contributed by atoms with van der Waals surface area (Å²) in [6.45, 7) is 1.86. The lowest BCUT2D eigenvalue weighted by Crippen LogP contribution is -2.60. The average molecular weight is 431 g/mol. The molecular formula is C21H23BrN2O3. The summed E-state index contributed by atoms with van der Waals surface area (Å²) in [5.74, 6) is 1.02. The van der Waals surface area contributed by atoms with E-state index in [0.29, 0.717) is 17.4 Å². The highest BCUT2D eigenvalue weighted by Crippen LogP contribution is 2.64. The molecule has 2 amide bonds. The number of para-hydroxylation sites is 1. The zero-order chi connectivity index (χ0) is 18.8. The van der Waals surface area contributed by atoms with Crippen LogP contribution in [-0.2, 0) is 4.79 Å². The van der Waals surface area contributed by atoms with Crippen LogP contribution in [0.4, 0.5) is 0 Å². The summed E-state index contributed by atoms with van der Waals surface area (Å²) in [4.78, 5) is 25.7. The molecule has 1 aromatic carbocycles. The molecule has 142 valence electrons. The molecule has 1 aromatic heterocycles. The molecule has 4 bridgehead atoms. The van der Waals surface area contributed by atoms with Gasteiger partial charge in [0.1, 0.15) is 5.58 Å². The Morgan fingerprint density at radius 3 is 2.48 bits per heavy atom. The zero-order valence-electron chi connectivity index (χ0n) is 15.3. The highest BCUT2D eigenvalue weighted by molar-refractivity contribution is 9.10. The fraction of sp³-hybridized carbons (Fsp3) is 0.524. The molecule has 2 N–H and O–H groups in total. The van der Waals surface area contributed by atoms with Crippen LogP contribution >= 0.6 is 15.9 Å². The number of nitrogens with one attached hydrogen (secondary N) is 2. The fourth-order valence-corrected chi connectivity index (χ4v) is 7.56. The number of furan rings is 1. The Hall–Kier alpha value is -1.82. The standard InChI is InChI=1S/C21H23BrN2O3/c1-12-15-4-2-3-5-16(15)27-17(12)18(25)23-24-19(26)20-7-13-6-14(8-20)10-21(22,9-13)11-20/h2-5,13-14H,6-11H2,1H3,(H,23,25)(H,24,26). The molecule has 4 aliphatic carbocycles. The predicted octanol–water partition coefficient (Wildman–Crippen LogP) is 4.24. The molecule has 0 spiro atoms. The van der Waals surface area contributed by atoms with E-state index < -0.39 is 5.91 Å². The number of hydrazine groups is 1. The van der Waals surface area contributed by atoms with Crippen molar-refractivity contribution in [1.82, 2.24) is 10.9 Å². The molecule has 1 heterocycles. The fourth-order valence-electron chi connectivity index (χ4n) is 6.11. The van der Waals surface area contributed by atoms with Crippen LogP contribution < -0.4 is 10.9 Å². The smallest absolute Gasteiger partial charge is 0.305 e. The van der Waals surface area contributed by atoms with Gasteiger partial charge in [-0.1, -0.05) is 34.1 Å². The number of hydrogen-bond donors (Lipinski definition) is 2. The van der Waals surface area contributed by atoms with Crippen molar-refractivity contribution in [1.29, 1.82) is 0 Å².